The lowest BCUT2D eigenvalue weighted by molar-refractivity contribution is 0.104. The SMILES string of the molecule is CCCOc1ccc(C(=O)/C=C/c2ccc3c(c2)OCCO3)cc1. The predicted octanol–water partition coefficient (Wildman–Crippen LogP) is 4.14. The summed E-state index contributed by atoms with van der Waals surface area (Å²) < 4.78 is 16.5. The van der Waals surface area contributed by atoms with Crippen molar-refractivity contribution in [3.05, 3.63) is 59.7 Å². The zero-order valence-electron chi connectivity index (χ0n) is 13.7. The highest BCUT2D eigenvalue weighted by Gasteiger charge is 2.11. The molecule has 0 bridgehead atoms. The van der Waals surface area contributed by atoms with Gasteiger partial charge in [-0.25, -0.2) is 0 Å². The first kappa shape index (κ1) is 16.1. The van der Waals surface area contributed by atoms with Gasteiger partial charge in [0.1, 0.15) is 19.0 Å². The van der Waals surface area contributed by atoms with Gasteiger partial charge in [-0.1, -0.05) is 19.1 Å². The zero-order chi connectivity index (χ0) is 16.8. The highest BCUT2D eigenvalue weighted by atomic mass is 16.6. The summed E-state index contributed by atoms with van der Waals surface area (Å²) in [5, 5.41) is 0. The summed E-state index contributed by atoms with van der Waals surface area (Å²) in [7, 11) is 0. The van der Waals surface area contributed by atoms with Gasteiger partial charge in [0.25, 0.3) is 0 Å². The largest absolute Gasteiger partial charge is 0.494 e. The smallest absolute Gasteiger partial charge is 0.185 e. The van der Waals surface area contributed by atoms with Crippen molar-refractivity contribution in [2.45, 2.75) is 13.3 Å². The topological polar surface area (TPSA) is 44.8 Å². The lowest BCUT2D eigenvalue weighted by Gasteiger charge is -2.18. The van der Waals surface area contributed by atoms with Gasteiger partial charge in [0, 0.05) is 5.56 Å². The number of hydrogen-bond donors (Lipinski definition) is 0. The molecule has 0 amide bonds. The highest BCUT2D eigenvalue weighted by Crippen LogP contribution is 2.31. The van der Waals surface area contributed by atoms with Crippen LogP contribution in [0, 0.1) is 0 Å². The number of rotatable bonds is 6. The molecule has 4 heteroatoms. The van der Waals surface area contributed by atoms with Crippen LogP contribution in [0.3, 0.4) is 0 Å². The van der Waals surface area contributed by atoms with Gasteiger partial charge in [-0.2, -0.15) is 0 Å². The summed E-state index contributed by atoms with van der Waals surface area (Å²) in [5.41, 5.74) is 1.53. The molecule has 0 radical (unpaired) electrons. The van der Waals surface area contributed by atoms with E-state index in [1.807, 2.05) is 30.3 Å². The molecule has 0 atom stereocenters. The Bertz CT molecular complexity index is 732. The Morgan fingerprint density at radius 1 is 1.08 bits per heavy atom. The molecule has 2 aromatic rings. The van der Waals surface area contributed by atoms with Crippen LogP contribution >= 0.6 is 0 Å². The number of allylic oxidation sites excluding steroid dienone is 1. The van der Waals surface area contributed by atoms with Crippen molar-refractivity contribution >= 4 is 11.9 Å². The Hall–Kier alpha value is -2.75. The summed E-state index contributed by atoms with van der Waals surface area (Å²) in [6.45, 7) is 3.85. The summed E-state index contributed by atoms with van der Waals surface area (Å²) in [4.78, 5) is 12.2. The molecule has 124 valence electrons. The van der Waals surface area contributed by atoms with Crippen LogP contribution in [-0.4, -0.2) is 25.6 Å². The number of carbonyl (C=O) groups is 1. The summed E-state index contributed by atoms with van der Waals surface area (Å²) in [6.07, 6.45) is 4.30. The second kappa shape index (κ2) is 7.68. The van der Waals surface area contributed by atoms with Crippen LogP contribution in [0.5, 0.6) is 17.2 Å². The van der Waals surface area contributed by atoms with Gasteiger partial charge in [-0.15, -0.1) is 0 Å². The predicted molar refractivity (Wildman–Crippen MR) is 93.0 cm³/mol. The molecular formula is C20H20O4. The first-order valence-corrected chi connectivity index (χ1v) is 8.11. The highest BCUT2D eigenvalue weighted by molar-refractivity contribution is 6.06. The standard InChI is InChI=1S/C20H20O4/c1-2-11-22-17-7-5-16(6-8-17)18(21)9-3-15-4-10-19-20(14-15)24-13-12-23-19/h3-10,14H,2,11-13H2,1H3/b9-3+. The molecule has 1 aliphatic rings. The maximum atomic E-state index is 12.2. The monoisotopic (exact) mass is 324 g/mol. The first-order chi connectivity index (χ1) is 11.8. The van der Waals surface area contributed by atoms with Crippen molar-refractivity contribution in [1.82, 2.24) is 0 Å². The third-order valence-electron chi connectivity index (χ3n) is 3.61. The van der Waals surface area contributed by atoms with E-state index in [-0.39, 0.29) is 5.78 Å². The molecule has 0 aliphatic carbocycles. The van der Waals surface area contributed by atoms with E-state index in [1.54, 1.807) is 24.3 Å². The fraction of sp³-hybridized carbons (Fsp3) is 0.250. The molecule has 2 aromatic carbocycles. The summed E-state index contributed by atoms with van der Waals surface area (Å²) in [5.74, 6) is 2.19. The van der Waals surface area contributed by atoms with E-state index in [9.17, 15) is 4.79 Å². The second-order valence-corrected chi connectivity index (χ2v) is 5.47. The average Bonchev–Trinajstić information content (AvgIpc) is 2.64. The number of benzene rings is 2. The van der Waals surface area contributed by atoms with Gasteiger partial charge in [-0.05, 0) is 54.5 Å². The van der Waals surface area contributed by atoms with E-state index < -0.39 is 0 Å². The normalized spacial score (nSPS) is 13.0. The van der Waals surface area contributed by atoms with Crippen molar-refractivity contribution in [3.8, 4) is 17.2 Å². The molecule has 24 heavy (non-hydrogen) atoms. The molecule has 0 spiro atoms. The van der Waals surface area contributed by atoms with Crippen LogP contribution < -0.4 is 14.2 Å². The van der Waals surface area contributed by atoms with Crippen LogP contribution in [0.1, 0.15) is 29.3 Å². The molecule has 1 aliphatic heterocycles. The van der Waals surface area contributed by atoms with Crippen molar-refractivity contribution in [1.29, 1.82) is 0 Å². The molecule has 0 unspecified atom stereocenters. The molecular weight excluding hydrogens is 304 g/mol. The van der Waals surface area contributed by atoms with Gasteiger partial charge in [-0.3, -0.25) is 4.79 Å². The molecule has 0 aromatic heterocycles. The van der Waals surface area contributed by atoms with E-state index in [0.717, 1.165) is 23.5 Å². The van der Waals surface area contributed by atoms with Gasteiger partial charge in [0.2, 0.25) is 0 Å². The third kappa shape index (κ3) is 3.96. The molecule has 3 rings (SSSR count). The Morgan fingerprint density at radius 2 is 1.83 bits per heavy atom. The fourth-order valence-corrected chi connectivity index (χ4v) is 2.37. The molecule has 0 N–H and O–H groups in total. The molecule has 0 saturated carbocycles. The Balaban J connectivity index is 1.66. The maximum absolute atomic E-state index is 12.2. The maximum Gasteiger partial charge on any atom is 0.185 e. The number of ketones is 1. The summed E-state index contributed by atoms with van der Waals surface area (Å²) >= 11 is 0. The summed E-state index contributed by atoms with van der Waals surface area (Å²) in [6, 6.07) is 12.8. The van der Waals surface area contributed by atoms with Crippen LogP contribution in [0.4, 0.5) is 0 Å². The second-order valence-electron chi connectivity index (χ2n) is 5.47. The first-order valence-electron chi connectivity index (χ1n) is 8.11. The number of carbonyl (C=O) groups excluding carboxylic acids is 1. The Labute approximate surface area is 141 Å². The molecule has 0 saturated heterocycles. The third-order valence-corrected chi connectivity index (χ3v) is 3.61. The quantitative estimate of drug-likeness (QED) is 0.592. The fourth-order valence-electron chi connectivity index (χ4n) is 2.37. The Kier molecular flexibility index (Phi) is 5.16. The lowest BCUT2D eigenvalue weighted by Crippen LogP contribution is -2.15. The molecule has 1 heterocycles. The van der Waals surface area contributed by atoms with Gasteiger partial charge >= 0.3 is 0 Å². The van der Waals surface area contributed by atoms with Crippen molar-refractivity contribution in [2.24, 2.45) is 0 Å². The van der Waals surface area contributed by atoms with Crippen LogP contribution in [0.15, 0.2) is 48.5 Å². The van der Waals surface area contributed by atoms with Crippen LogP contribution in [0.2, 0.25) is 0 Å². The minimum Gasteiger partial charge on any atom is -0.494 e. The van der Waals surface area contributed by atoms with Crippen LogP contribution in [0.25, 0.3) is 6.08 Å². The van der Waals surface area contributed by atoms with E-state index in [2.05, 4.69) is 6.92 Å². The average molecular weight is 324 g/mol. The minimum atomic E-state index is -0.0491. The number of hydrogen-bond acceptors (Lipinski definition) is 4. The number of fused-ring (bicyclic) bond motifs is 1. The molecule has 4 nitrogen and oxygen atoms in total. The van der Waals surface area contributed by atoms with Gasteiger partial charge in [0.15, 0.2) is 17.3 Å². The van der Waals surface area contributed by atoms with Crippen molar-refractivity contribution < 1.29 is 19.0 Å². The van der Waals surface area contributed by atoms with Crippen LogP contribution in [-0.2, 0) is 0 Å². The van der Waals surface area contributed by atoms with Crippen molar-refractivity contribution in [2.75, 3.05) is 19.8 Å². The number of ether oxygens (including phenoxy) is 3. The van der Waals surface area contributed by atoms with E-state index in [1.165, 1.54) is 0 Å². The Morgan fingerprint density at radius 3 is 2.58 bits per heavy atom. The molecule has 0 fully saturated rings. The zero-order valence-corrected chi connectivity index (χ0v) is 13.7. The lowest BCUT2D eigenvalue weighted by atomic mass is 10.1. The van der Waals surface area contributed by atoms with E-state index in [4.69, 9.17) is 14.2 Å². The van der Waals surface area contributed by atoms with Gasteiger partial charge < -0.3 is 14.2 Å². The van der Waals surface area contributed by atoms with E-state index >= 15 is 0 Å². The van der Waals surface area contributed by atoms with Crippen molar-refractivity contribution in [3.63, 3.8) is 0 Å². The van der Waals surface area contributed by atoms with E-state index in [0.29, 0.717) is 31.1 Å². The van der Waals surface area contributed by atoms with Gasteiger partial charge in [0.05, 0.1) is 6.61 Å². The minimum absolute atomic E-state index is 0.0491.